The minimum atomic E-state index is -3.70. The highest BCUT2D eigenvalue weighted by molar-refractivity contribution is 7.92. The quantitative estimate of drug-likeness (QED) is 0.659. The Kier molecular flexibility index (Phi) is 6.39. The zero-order valence-electron chi connectivity index (χ0n) is 17.3. The number of carbonyl (C=O) groups excluding carboxylic acids is 1. The van der Waals surface area contributed by atoms with Crippen LogP contribution in [0.25, 0.3) is 0 Å². The molecule has 160 valence electrons. The third-order valence-electron chi connectivity index (χ3n) is 6.08. The Morgan fingerprint density at radius 3 is 2.67 bits per heavy atom. The molecule has 1 amide bonds. The second-order valence-corrected chi connectivity index (χ2v) is 10.0. The standard InChI is InChI=1S/C23H29N3O3S/c27-23(24-13-7-16-25-14-4-1-5-15-25)20-9-6-10-21(18-20)30(28,29)26-17-12-19-8-2-3-11-22(19)26/h2-3,6,8-11,18H,1,4-5,7,12-17H2,(H,24,27)/p+1. The number of fused-ring (bicyclic) bond motifs is 1. The lowest BCUT2D eigenvalue weighted by Crippen LogP contribution is -3.12. The summed E-state index contributed by atoms with van der Waals surface area (Å²) in [5.41, 5.74) is 2.15. The predicted octanol–water partition coefficient (Wildman–Crippen LogP) is 1.63. The van der Waals surface area contributed by atoms with Crippen molar-refractivity contribution in [1.29, 1.82) is 0 Å². The van der Waals surface area contributed by atoms with Gasteiger partial charge in [-0.25, -0.2) is 8.42 Å². The van der Waals surface area contributed by atoms with Gasteiger partial charge in [-0.1, -0.05) is 24.3 Å². The lowest BCUT2D eigenvalue weighted by atomic mass is 10.1. The Labute approximate surface area is 178 Å². The average molecular weight is 429 g/mol. The third-order valence-corrected chi connectivity index (χ3v) is 7.89. The van der Waals surface area contributed by atoms with Crippen molar-refractivity contribution in [2.75, 3.05) is 37.0 Å². The number of benzene rings is 2. The lowest BCUT2D eigenvalue weighted by Gasteiger charge is -2.23. The second kappa shape index (κ2) is 9.18. The fourth-order valence-corrected chi connectivity index (χ4v) is 5.98. The topological polar surface area (TPSA) is 70.9 Å². The van der Waals surface area contributed by atoms with E-state index in [-0.39, 0.29) is 10.8 Å². The van der Waals surface area contributed by atoms with Crippen LogP contribution in [-0.2, 0) is 16.4 Å². The first-order chi connectivity index (χ1) is 14.6. The van der Waals surface area contributed by atoms with Gasteiger partial charge in [0, 0.05) is 25.1 Å². The molecule has 2 aromatic rings. The molecule has 0 atom stereocenters. The van der Waals surface area contributed by atoms with Crippen LogP contribution < -0.4 is 14.5 Å². The Morgan fingerprint density at radius 1 is 1.03 bits per heavy atom. The largest absolute Gasteiger partial charge is 0.352 e. The Hall–Kier alpha value is -2.38. The van der Waals surface area contributed by atoms with Gasteiger partial charge in [0.25, 0.3) is 15.9 Å². The van der Waals surface area contributed by atoms with Crippen molar-refractivity contribution in [3.05, 3.63) is 59.7 Å². The van der Waals surface area contributed by atoms with Gasteiger partial charge in [-0.3, -0.25) is 9.10 Å². The summed E-state index contributed by atoms with van der Waals surface area (Å²) >= 11 is 0. The molecule has 7 heteroatoms. The minimum absolute atomic E-state index is 0.157. The van der Waals surface area contributed by atoms with E-state index >= 15 is 0 Å². The number of piperidine rings is 1. The first-order valence-corrected chi connectivity index (χ1v) is 12.3. The van der Waals surface area contributed by atoms with Gasteiger partial charge in [-0.15, -0.1) is 0 Å². The van der Waals surface area contributed by atoms with Crippen LogP contribution in [-0.4, -0.2) is 47.0 Å². The van der Waals surface area contributed by atoms with Crippen molar-refractivity contribution >= 4 is 21.6 Å². The molecule has 6 nitrogen and oxygen atoms in total. The number of hydrogen-bond acceptors (Lipinski definition) is 3. The molecular weight excluding hydrogens is 398 g/mol. The van der Waals surface area contributed by atoms with Crippen molar-refractivity contribution < 1.29 is 18.1 Å². The molecule has 0 radical (unpaired) electrons. The smallest absolute Gasteiger partial charge is 0.264 e. The van der Waals surface area contributed by atoms with Crippen LogP contribution in [0.5, 0.6) is 0 Å². The molecule has 1 saturated heterocycles. The number of quaternary nitrogens is 1. The van der Waals surface area contributed by atoms with Crippen molar-refractivity contribution in [2.24, 2.45) is 0 Å². The van der Waals surface area contributed by atoms with Crippen LogP contribution in [0.4, 0.5) is 5.69 Å². The molecule has 2 N–H and O–H groups in total. The number of nitrogens with zero attached hydrogens (tertiary/aromatic N) is 1. The molecule has 2 aromatic carbocycles. The molecule has 0 spiro atoms. The number of hydrogen-bond donors (Lipinski definition) is 2. The predicted molar refractivity (Wildman–Crippen MR) is 117 cm³/mol. The highest BCUT2D eigenvalue weighted by Gasteiger charge is 2.30. The summed E-state index contributed by atoms with van der Waals surface area (Å²) in [5, 5.41) is 2.94. The van der Waals surface area contributed by atoms with Crippen molar-refractivity contribution in [3.8, 4) is 0 Å². The number of rotatable bonds is 7. The maximum Gasteiger partial charge on any atom is 0.264 e. The van der Waals surface area contributed by atoms with Gasteiger partial charge < -0.3 is 10.2 Å². The SMILES string of the molecule is O=C(NCCC[NH+]1CCCCC1)c1cccc(S(=O)(=O)N2CCc3ccccc32)c1. The Balaban J connectivity index is 1.39. The molecule has 2 heterocycles. The van der Waals surface area contributed by atoms with Gasteiger partial charge in [0.05, 0.1) is 30.2 Å². The summed E-state index contributed by atoms with van der Waals surface area (Å²) in [6.07, 6.45) is 5.57. The molecule has 0 saturated carbocycles. The molecule has 2 aliphatic heterocycles. The van der Waals surface area contributed by atoms with Crippen LogP contribution in [0, 0.1) is 0 Å². The van der Waals surface area contributed by atoms with Crippen LogP contribution in [0.15, 0.2) is 53.4 Å². The molecule has 2 aliphatic rings. The monoisotopic (exact) mass is 428 g/mol. The number of amides is 1. The molecule has 4 rings (SSSR count). The number of nitrogens with one attached hydrogen (secondary N) is 2. The van der Waals surface area contributed by atoms with Crippen molar-refractivity contribution in [3.63, 3.8) is 0 Å². The molecule has 30 heavy (non-hydrogen) atoms. The number of likely N-dealkylation sites (tertiary alicyclic amines) is 1. The Bertz CT molecular complexity index is 1000. The van der Waals surface area contributed by atoms with Crippen molar-refractivity contribution in [1.82, 2.24) is 5.32 Å². The van der Waals surface area contributed by atoms with E-state index in [0.29, 0.717) is 25.1 Å². The highest BCUT2D eigenvalue weighted by Crippen LogP contribution is 2.32. The third kappa shape index (κ3) is 4.52. The zero-order chi connectivity index (χ0) is 21.0. The molecule has 0 bridgehead atoms. The number of sulfonamides is 1. The summed E-state index contributed by atoms with van der Waals surface area (Å²) in [6, 6.07) is 13.9. The van der Waals surface area contributed by atoms with E-state index in [1.807, 2.05) is 24.3 Å². The van der Waals surface area contributed by atoms with E-state index in [2.05, 4.69) is 5.32 Å². The van der Waals surface area contributed by atoms with E-state index in [9.17, 15) is 13.2 Å². The van der Waals surface area contributed by atoms with Gasteiger partial charge in [0.15, 0.2) is 0 Å². The number of anilines is 1. The molecular formula is C23H30N3O3S+. The number of carbonyl (C=O) groups is 1. The maximum atomic E-state index is 13.2. The minimum Gasteiger partial charge on any atom is -0.352 e. The molecule has 0 aromatic heterocycles. The summed E-state index contributed by atoms with van der Waals surface area (Å²) in [6.45, 7) is 4.57. The van der Waals surface area contributed by atoms with Gasteiger partial charge in [-0.05, 0) is 55.5 Å². The van der Waals surface area contributed by atoms with E-state index in [4.69, 9.17) is 0 Å². The van der Waals surface area contributed by atoms with Gasteiger partial charge >= 0.3 is 0 Å². The summed E-state index contributed by atoms with van der Waals surface area (Å²) in [4.78, 5) is 14.3. The fourth-order valence-electron chi connectivity index (χ4n) is 4.43. The van der Waals surface area contributed by atoms with Gasteiger partial charge in [0.1, 0.15) is 0 Å². The summed E-state index contributed by atoms with van der Waals surface area (Å²) in [5.74, 6) is -0.220. The van der Waals surface area contributed by atoms with E-state index in [0.717, 1.165) is 24.2 Å². The molecule has 1 fully saturated rings. The van der Waals surface area contributed by atoms with Crippen molar-refractivity contribution in [2.45, 2.75) is 37.0 Å². The Morgan fingerprint density at radius 2 is 1.83 bits per heavy atom. The average Bonchev–Trinajstić information content (AvgIpc) is 3.22. The normalized spacial score (nSPS) is 17.0. The van der Waals surface area contributed by atoms with E-state index in [1.54, 1.807) is 23.1 Å². The van der Waals surface area contributed by atoms with Crippen LogP contribution in [0.3, 0.4) is 0 Å². The van der Waals surface area contributed by atoms with E-state index in [1.165, 1.54) is 42.7 Å². The number of para-hydroxylation sites is 1. The van der Waals surface area contributed by atoms with Gasteiger partial charge in [-0.2, -0.15) is 0 Å². The highest BCUT2D eigenvalue weighted by atomic mass is 32.2. The summed E-state index contributed by atoms with van der Waals surface area (Å²) < 4.78 is 27.8. The summed E-state index contributed by atoms with van der Waals surface area (Å²) in [7, 11) is -3.70. The maximum absolute atomic E-state index is 13.2. The van der Waals surface area contributed by atoms with Crippen LogP contribution >= 0.6 is 0 Å². The van der Waals surface area contributed by atoms with Crippen LogP contribution in [0.2, 0.25) is 0 Å². The first-order valence-electron chi connectivity index (χ1n) is 10.9. The van der Waals surface area contributed by atoms with E-state index < -0.39 is 10.0 Å². The lowest BCUT2D eigenvalue weighted by molar-refractivity contribution is -0.904. The van der Waals surface area contributed by atoms with Crippen LogP contribution in [0.1, 0.15) is 41.6 Å². The molecule has 0 aliphatic carbocycles. The first kappa shape index (κ1) is 20.9. The zero-order valence-corrected chi connectivity index (χ0v) is 18.1. The fraction of sp³-hybridized carbons (Fsp3) is 0.435. The second-order valence-electron chi connectivity index (χ2n) is 8.15. The molecule has 0 unspecified atom stereocenters. The van der Waals surface area contributed by atoms with Gasteiger partial charge in [0.2, 0.25) is 0 Å².